The maximum atomic E-state index is 3.99. The van der Waals surface area contributed by atoms with Crippen LogP contribution in [0.3, 0.4) is 0 Å². The van der Waals surface area contributed by atoms with E-state index in [9.17, 15) is 0 Å². The predicted octanol–water partition coefficient (Wildman–Crippen LogP) is 2.60. The molecule has 0 N–H and O–H groups in total. The summed E-state index contributed by atoms with van der Waals surface area (Å²) >= 11 is 2.15. The van der Waals surface area contributed by atoms with Crippen LogP contribution in [-0.2, 0) is 0 Å². The van der Waals surface area contributed by atoms with Crippen molar-refractivity contribution in [2.75, 3.05) is 38.7 Å². The second-order valence-electron chi connectivity index (χ2n) is 2.61. The third-order valence-electron chi connectivity index (χ3n) is 1.17. The molecule has 0 heterocycles. The summed E-state index contributed by atoms with van der Waals surface area (Å²) in [6.45, 7) is 4.67. The molecule has 0 bridgehead atoms. The maximum Gasteiger partial charge on any atom is 0.0892 e. The van der Waals surface area contributed by atoms with Crippen molar-refractivity contribution in [3.8, 4) is 0 Å². The largest absolute Gasteiger partial charge is 0.309 e. The normalized spacial score (nSPS) is 7.86. The molecule has 0 saturated heterocycles. The zero-order valence-corrected chi connectivity index (χ0v) is 12.4. The molecule has 0 aliphatic heterocycles. The molecule has 0 radical (unpaired) electrons. The lowest BCUT2D eigenvalue weighted by atomic mass is 10.4. The third-order valence-corrected chi connectivity index (χ3v) is 1.17. The summed E-state index contributed by atoms with van der Waals surface area (Å²) < 4.78 is 0. The van der Waals surface area contributed by atoms with Gasteiger partial charge in [0, 0.05) is 6.54 Å². The third kappa shape index (κ3) is 22.8. The number of rotatable bonds is 5. The number of hydrogen-bond donors (Lipinski definition) is 0. The molecular weight excluding hydrogens is 312 g/mol. The van der Waals surface area contributed by atoms with Gasteiger partial charge in [-0.2, -0.15) is 0 Å². The molecular formula is C9H21ClIN3. The average Bonchev–Trinajstić information content (AvgIpc) is 2.14. The first-order valence-corrected chi connectivity index (χ1v) is 6.53. The van der Waals surface area contributed by atoms with Crippen LogP contribution in [0.25, 0.3) is 0 Å². The van der Waals surface area contributed by atoms with E-state index in [1.807, 2.05) is 11.9 Å². The molecule has 0 aliphatic carbocycles. The van der Waals surface area contributed by atoms with Gasteiger partial charge in [0.05, 0.1) is 12.6 Å². The molecule has 0 saturated carbocycles. The van der Waals surface area contributed by atoms with Crippen LogP contribution in [0.4, 0.5) is 0 Å². The standard InChI is InChI=1S/C8H17N3.CH3I.ClH/c1-4-9-8-10-6-5-7-11(2)3;1-2;/h4-7H2,1-3H3;1H3;1H. The smallest absolute Gasteiger partial charge is 0.0892 e. The van der Waals surface area contributed by atoms with Gasteiger partial charge in [0.2, 0.25) is 0 Å². The zero-order chi connectivity index (χ0) is 10.5. The zero-order valence-electron chi connectivity index (χ0n) is 9.46. The van der Waals surface area contributed by atoms with Crippen molar-refractivity contribution in [2.24, 2.45) is 9.98 Å². The molecule has 0 aliphatic rings. The first-order valence-electron chi connectivity index (χ1n) is 4.38. The molecule has 0 aromatic rings. The van der Waals surface area contributed by atoms with Gasteiger partial charge >= 0.3 is 0 Å². The van der Waals surface area contributed by atoms with E-state index in [2.05, 4.69) is 57.6 Å². The van der Waals surface area contributed by atoms with Gasteiger partial charge in [0.25, 0.3) is 0 Å². The van der Waals surface area contributed by atoms with Gasteiger partial charge < -0.3 is 4.90 Å². The summed E-state index contributed by atoms with van der Waals surface area (Å²) in [5.74, 6) is 0. The monoisotopic (exact) mass is 333 g/mol. The van der Waals surface area contributed by atoms with Crippen molar-refractivity contribution < 1.29 is 0 Å². The Morgan fingerprint density at radius 1 is 1.21 bits per heavy atom. The van der Waals surface area contributed by atoms with Crippen LogP contribution in [0.15, 0.2) is 9.98 Å². The van der Waals surface area contributed by atoms with Crippen molar-refractivity contribution >= 4 is 41.0 Å². The highest BCUT2D eigenvalue weighted by molar-refractivity contribution is 14.1. The molecule has 5 heteroatoms. The van der Waals surface area contributed by atoms with E-state index in [0.29, 0.717) is 0 Å². The fraction of sp³-hybridized carbons (Fsp3) is 0.889. The van der Waals surface area contributed by atoms with E-state index in [-0.39, 0.29) is 12.4 Å². The number of nitrogens with zero attached hydrogens (tertiary/aromatic N) is 3. The summed E-state index contributed by atoms with van der Waals surface area (Å²) in [4.78, 5) is 12.0. The van der Waals surface area contributed by atoms with Crippen LogP contribution in [0, 0.1) is 0 Å². The van der Waals surface area contributed by atoms with Crippen LogP contribution < -0.4 is 0 Å². The van der Waals surface area contributed by atoms with Gasteiger partial charge in [-0.1, -0.05) is 22.6 Å². The average molecular weight is 334 g/mol. The van der Waals surface area contributed by atoms with Gasteiger partial charge in [-0.15, -0.1) is 12.4 Å². The highest BCUT2D eigenvalue weighted by Crippen LogP contribution is 1.82. The highest BCUT2D eigenvalue weighted by Gasteiger charge is 1.86. The molecule has 0 unspecified atom stereocenters. The number of hydrogen-bond acceptors (Lipinski definition) is 3. The van der Waals surface area contributed by atoms with Crippen molar-refractivity contribution in [3.63, 3.8) is 0 Å². The van der Waals surface area contributed by atoms with Gasteiger partial charge in [-0.25, -0.2) is 9.98 Å². The van der Waals surface area contributed by atoms with Crippen molar-refractivity contribution in [3.05, 3.63) is 0 Å². The Kier molecular flexibility index (Phi) is 27.0. The minimum absolute atomic E-state index is 0. The Labute approximate surface area is 108 Å². The summed E-state index contributed by atoms with van der Waals surface area (Å²) in [5.41, 5.74) is 0. The second-order valence-corrected chi connectivity index (χ2v) is 2.61. The second kappa shape index (κ2) is 19.0. The fourth-order valence-electron chi connectivity index (χ4n) is 0.637. The Hall–Kier alpha value is 0.360. The topological polar surface area (TPSA) is 28.0 Å². The highest BCUT2D eigenvalue weighted by atomic mass is 127. The fourth-order valence-corrected chi connectivity index (χ4v) is 0.637. The predicted molar refractivity (Wildman–Crippen MR) is 75.6 cm³/mol. The lowest BCUT2D eigenvalue weighted by Crippen LogP contribution is -2.13. The maximum absolute atomic E-state index is 3.99. The molecule has 0 amide bonds. The van der Waals surface area contributed by atoms with Crippen molar-refractivity contribution in [1.29, 1.82) is 0 Å². The van der Waals surface area contributed by atoms with E-state index in [0.717, 1.165) is 26.1 Å². The number of alkyl halides is 1. The Balaban J connectivity index is -0.000000376. The minimum atomic E-state index is 0. The van der Waals surface area contributed by atoms with Crippen LogP contribution in [0.5, 0.6) is 0 Å². The molecule has 14 heavy (non-hydrogen) atoms. The van der Waals surface area contributed by atoms with Crippen LogP contribution >= 0.6 is 35.0 Å². The summed E-state index contributed by atoms with van der Waals surface area (Å²) in [5, 5.41) is 0. The molecule has 86 valence electrons. The summed E-state index contributed by atoms with van der Waals surface area (Å²) in [6.07, 6.45) is 1.08. The van der Waals surface area contributed by atoms with Crippen LogP contribution in [0.1, 0.15) is 13.3 Å². The Morgan fingerprint density at radius 2 is 1.79 bits per heavy atom. The van der Waals surface area contributed by atoms with Crippen LogP contribution in [-0.4, -0.2) is 49.6 Å². The SMILES string of the molecule is CCN=C=NCCCN(C)C.CI.Cl. The quantitative estimate of drug-likeness (QED) is 0.329. The minimum Gasteiger partial charge on any atom is -0.309 e. The molecule has 3 nitrogen and oxygen atoms in total. The van der Waals surface area contributed by atoms with Gasteiger partial charge in [-0.05, 0) is 38.9 Å². The lowest BCUT2D eigenvalue weighted by Gasteiger charge is -2.05. The molecule has 0 aromatic carbocycles. The van der Waals surface area contributed by atoms with E-state index in [1.54, 1.807) is 0 Å². The number of aliphatic imine (C=N–C) groups is 2. The summed E-state index contributed by atoms with van der Waals surface area (Å²) in [6, 6.07) is 2.64. The van der Waals surface area contributed by atoms with E-state index >= 15 is 0 Å². The molecule has 0 fully saturated rings. The number of halogens is 2. The Morgan fingerprint density at radius 3 is 2.21 bits per heavy atom. The van der Waals surface area contributed by atoms with E-state index in [1.165, 1.54) is 0 Å². The summed E-state index contributed by atoms with van der Waals surface area (Å²) in [7, 11) is 4.12. The van der Waals surface area contributed by atoms with Crippen LogP contribution in [0.2, 0.25) is 0 Å². The molecule has 0 aromatic heterocycles. The van der Waals surface area contributed by atoms with Crippen molar-refractivity contribution in [1.82, 2.24) is 4.90 Å². The molecule has 0 spiro atoms. The van der Waals surface area contributed by atoms with E-state index in [4.69, 9.17) is 0 Å². The first kappa shape index (κ1) is 19.9. The van der Waals surface area contributed by atoms with Crippen molar-refractivity contribution in [2.45, 2.75) is 13.3 Å². The van der Waals surface area contributed by atoms with Gasteiger partial charge in [-0.3, -0.25) is 0 Å². The molecule has 0 rings (SSSR count). The lowest BCUT2D eigenvalue weighted by molar-refractivity contribution is 0.403. The van der Waals surface area contributed by atoms with E-state index < -0.39 is 0 Å². The van der Waals surface area contributed by atoms with Gasteiger partial charge in [0.15, 0.2) is 0 Å². The Bertz CT molecular complexity index is 145. The van der Waals surface area contributed by atoms with Gasteiger partial charge in [0.1, 0.15) is 0 Å². The first-order chi connectivity index (χ1) is 6.27. The molecule has 0 atom stereocenters.